The number of hydrogen-bond donors (Lipinski definition) is 0. The summed E-state index contributed by atoms with van der Waals surface area (Å²) in [5.74, 6) is -2.64. The van der Waals surface area contributed by atoms with Crippen LogP contribution in [0.25, 0.3) is 0 Å². The molecule has 0 N–H and O–H groups in total. The zero-order valence-corrected chi connectivity index (χ0v) is 15.5. The standard InChI is InChI=1S/C21H24N2O3/c1-15(17-11-7-5-8-12-17)22(3)20(25)19(24)21(26)23(4)16(2)18-13-9-6-10-14-18/h5-16H,1-4H3. The first-order valence-electron chi connectivity index (χ1n) is 8.52. The zero-order chi connectivity index (χ0) is 19.3. The first-order chi connectivity index (χ1) is 12.3. The monoisotopic (exact) mass is 352 g/mol. The van der Waals surface area contributed by atoms with Crippen molar-refractivity contribution < 1.29 is 14.4 Å². The topological polar surface area (TPSA) is 57.7 Å². The molecule has 0 fully saturated rings. The number of Topliss-reactive ketones (excluding diaryl/α,β-unsaturated/α-hetero) is 1. The Morgan fingerprint density at radius 2 is 0.962 bits per heavy atom. The van der Waals surface area contributed by atoms with Gasteiger partial charge in [0.1, 0.15) is 0 Å². The summed E-state index contributed by atoms with van der Waals surface area (Å²) >= 11 is 0. The van der Waals surface area contributed by atoms with Crippen LogP contribution in [0.5, 0.6) is 0 Å². The predicted octanol–water partition coefficient (Wildman–Crippen LogP) is 2.99. The first-order valence-corrected chi connectivity index (χ1v) is 8.52. The minimum absolute atomic E-state index is 0.308. The molecule has 2 rings (SSSR count). The number of carbonyl (C=O) groups excluding carboxylic acids is 3. The lowest BCUT2D eigenvalue weighted by molar-refractivity contribution is -0.154. The minimum Gasteiger partial charge on any atom is -0.332 e. The molecule has 5 nitrogen and oxygen atoms in total. The fourth-order valence-corrected chi connectivity index (χ4v) is 2.67. The van der Waals surface area contributed by atoms with E-state index in [-0.39, 0.29) is 12.1 Å². The van der Waals surface area contributed by atoms with Gasteiger partial charge in [-0.2, -0.15) is 0 Å². The Morgan fingerprint density at radius 1 is 0.654 bits per heavy atom. The van der Waals surface area contributed by atoms with Gasteiger partial charge in [-0.15, -0.1) is 0 Å². The molecule has 2 aromatic carbocycles. The molecule has 136 valence electrons. The minimum atomic E-state index is -1.03. The summed E-state index contributed by atoms with van der Waals surface area (Å²) in [4.78, 5) is 40.0. The van der Waals surface area contributed by atoms with Gasteiger partial charge >= 0.3 is 5.78 Å². The lowest BCUT2D eigenvalue weighted by Crippen LogP contribution is -2.44. The van der Waals surface area contributed by atoms with E-state index >= 15 is 0 Å². The second-order valence-corrected chi connectivity index (χ2v) is 6.33. The highest BCUT2D eigenvalue weighted by atomic mass is 16.2. The predicted molar refractivity (Wildman–Crippen MR) is 100 cm³/mol. The maximum atomic E-state index is 12.5. The molecule has 0 saturated heterocycles. The Balaban J connectivity index is 2.09. The highest BCUT2D eigenvalue weighted by Crippen LogP contribution is 2.20. The van der Waals surface area contributed by atoms with Crippen LogP contribution in [-0.2, 0) is 14.4 Å². The molecule has 5 heteroatoms. The lowest BCUT2D eigenvalue weighted by Gasteiger charge is -2.27. The average molecular weight is 352 g/mol. The first kappa shape index (κ1) is 19.4. The van der Waals surface area contributed by atoms with Crippen molar-refractivity contribution in [2.75, 3.05) is 14.1 Å². The fourth-order valence-electron chi connectivity index (χ4n) is 2.67. The molecule has 2 amide bonds. The van der Waals surface area contributed by atoms with E-state index in [0.29, 0.717) is 0 Å². The van der Waals surface area contributed by atoms with Crippen LogP contribution in [0.3, 0.4) is 0 Å². The van der Waals surface area contributed by atoms with Gasteiger partial charge in [0.25, 0.3) is 11.8 Å². The highest BCUT2D eigenvalue weighted by molar-refractivity contribution is 6.62. The Kier molecular flexibility index (Phi) is 6.28. The molecule has 0 aliphatic rings. The third-order valence-corrected chi connectivity index (χ3v) is 4.76. The maximum Gasteiger partial charge on any atom is 0.307 e. The highest BCUT2D eigenvalue weighted by Gasteiger charge is 2.32. The van der Waals surface area contributed by atoms with Crippen LogP contribution in [0.2, 0.25) is 0 Å². The summed E-state index contributed by atoms with van der Waals surface area (Å²) in [5.41, 5.74) is 1.80. The van der Waals surface area contributed by atoms with Crippen molar-refractivity contribution in [1.29, 1.82) is 0 Å². The fraction of sp³-hybridized carbons (Fsp3) is 0.286. The van der Waals surface area contributed by atoms with Crippen molar-refractivity contribution in [3.05, 3.63) is 71.8 Å². The largest absolute Gasteiger partial charge is 0.332 e. The van der Waals surface area contributed by atoms with E-state index in [9.17, 15) is 14.4 Å². The van der Waals surface area contributed by atoms with Crippen molar-refractivity contribution >= 4 is 17.6 Å². The quantitative estimate of drug-likeness (QED) is 0.593. The van der Waals surface area contributed by atoms with Gasteiger partial charge in [0, 0.05) is 14.1 Å². The summed E-state index contributed by atoms with van der Waals surface area (Å²) < 4.78 is 0. The van der Waals surface area contributed by atoms with E-state index in [1.807, 2.05) is 74.5 Å². The van der Waals surface area contributed by atoms with Crippen LogP contribution < -0.4 is 0 Å². The number of benzene rings is 2. The average Bonchev–Trinajstić information content (AvgIpc) is 2.71. The van der Waals surface area contributed by atoms with Gasteiger partial charge in [0.2, 0.25) is 0 Å². The Labute approximate surface area is 154 Å². The third kappa shape index (κ3) is 4.17. The van der Waals surface area contributed by atoms with Gasteiger partial charge < -0.3 is 9.80 Å². The smallest absolute Gasteiger partial charge is 0.307 e. The van der Waals surface area contributed by atoms with E-state index in [0.717, 1.165) is 11.1 Å². The van der Waals surface area contributed by atoms with Gasteiger partial charge in [-0.25, -0.2) is 0 Å². The summed E-state index contributed by atoms with van der Waals surface area (Å²) in [6.45, 7) is 3.64. The van der Waals surface area contributed by atoms with Gasteiger partial charge in [-0.05, 0) is 25.0 Å². The number of amides is 2. The van der Waals surface area contributed by atoms with Gasteiger partial charge in [-0.1, -0.05) is 60.7 Å². The molecule has 0 aliphatic heterocycles. The molecule has 0 aromatic heterocycles. The van der Waals surface area contributed by atoms with Crippen molar-refractivity contribution in [2.45, 2.75) is 25.9 Å². The Hall–Kier alpha value is -2.95. The van der Waals surface area contributed by atoms with Gasteiger partial charge in [-0.3, -0.25) is 14.4 Å². The SMILES string of the molecule is CC(c1ccccc1)N(C)C(=O)C(=O)C(=O)N(C)C(C)c1ccccc1. The molecule has 2 aromatic rings. The van der Waals surface area contributed by atoms with Crippen LogP contribution >= 0.6 is 0 Å². The van der Waals surface area contributed by atoms with Crippen molar-refractivity contribution in [3.63, 3.8) is 0 Å². The Morgan fingerprint density at radius 3 is 1.27 bits per heavy atom. The van der Waals surface area contributed by atoms with Gasteiger partial charge in [0.05, 0.1) is 12.1 Å². The maximum absolute atomic E-state index is 12.5. The van der Waals surface area contributed by atoms with Crippen molar-refractivity contribution in [2.24, 2.45) is 0 Å². The molecule has 0 spiro atoms. The van der Waals surface area contributed by atoms with Crippen LogP contribution in [0.4, 0.5) is 0 Å². The molecule has 2 unspecified atom stereocenters. The number of rotatable bonds is 6. The molecule has 0 radical (unpaired) electrons. The number of hydrogen-bond acceptors (Lipinski definition) is 3. The second kappa shape index (κ2) is 8.43. The number of likely N-dealkylation sites (N-methyl/N-ethyl adjacent to an activating group) is 2. The van der Waals surface area contributed by atoms with E-state index in [4.69, 9.17) is 0 Å². The summed E-state index contributed by atoms with van der Waals surface area (Å²) in [5, 5.41) is 0. The number of nitrogens with zero attached hydrogens (tertiary/aromatic N) is 2. The number of carbonyl (C=O) groups is 3. The van der Waals surface area contributed by atoms with Crippen LogP contribution in [0.15, 0.2) is 60.7 Å². The van der Waals surface area contributed by atoms with E-state index in [2.05, 4.69) is 0 Å². The third-order valence-electron chi connectivity index (χ3n) is 4.76. The lowest BCUT2D eigenvalue weighted by atomic mass is 10.1. The summed E-state index contributed by atoms with van der Waals surface area (Å²) in [6, 6.07) is 18.1. The van der Waals surface area contributed by atoms with Gasteiger partial charge in [0.15, 0.2) is 0 Å². The zero-order valence-electron chi connectivity index (χ0n) is 15.5. The molecular weight excluding hydrogens is 328 g/mol. The molecule has 0 saturated carbocycles. The normalized spacial score (nSPS) is 12.8. The second-order valence-electron chi connectivity index (χ2n) is 6.33. The van der Waals surface area contributed by atoms with Crippen molar-refractivity contribution in [1.82, 2.24) is 9.80 Å². The van der Waals surface area contributed by atoms with Crippen molar-refractivity contribution in [3.8, 4) is 0 Å². The molecular formula is C21H24N2O3. The Bertz CT molecular complexity index is 709. The van der Waals surface area contributed by atoms with E-state index in [1.54, 1.807) is 0 Å². The molecule has 0 bridgehead atoms. The summed E-state index contributed by atoms with van der Waals surface area (Å²) in [7, 11) is 3.07. The molecule has 0 aliphatic carbocycles. The molecule has 2 atom stereocenters. The van der Waals surface area contributed by atoms with E-state index in [1.165, 1.54) is 23.9 Å². The van der Waals surface area contributed by atoms with Crippen LogP contribution in [0.1, 0.15) is 37.1 Å². The van der Waals surface area contributed by atoms with E-state index < -0.39 is 17.6 Å². The number of ketones is 1. The molecule has 0 heterocycles. The summed E-state index contributed by atoms with van der Waals surface area (Å²) in [6.07, 6.45) is 0. The van der Waals surface area contributed by atoms with Crippen LogP contribution in [-0.4, -0.2) is 41.5 Å². The molecule has 26 heavy (non-hydrogen) atoms. The van der Waals surface area contributed by atoms with Crippen LogP contribution in [0, 0.1) is 0 Å².